The maximum absolute atomic E-state index is 9.45. The number of thioether (sulfide) groups is 1. The summed E-state index contributed by atoms with van der Waals surface area (Å²) < 4.78 is 1.59. The van der Waals surface area contributed by atoms with E-state index in [1.165, 1.54) is 18.1 Å². The van der Waals surface area contributed by atoms with E-state index in [9.17, 15) is 5.11 Å². The standard InChI is InChI=1S/C16H13ClN4OS/c17-15-7-2-1-5-13(15)10-23-16-20-18-11-21(16)19-9-12-4-3-6-14(22)8-12/h1-9,11,22H,10H2/b19-9+. The van der Waals surface area contributed by atoms with Gasteiger partial charge in [-0.05, 0) is 29.3 Å². The number of hydrogen-bond donors (Lipinski definition) is 1. The van der Waals surface area contributed by atoms with Crippen LogP contribution in [0.15, 0.2) is 65.1 Å². The van der Waals surface area contributed by atoms with Gasteiger partial charge in [0.1, 0.15) is 12.1 Å². The fraction of sp³-hybridized carbons (Fsp3) is 0.0625. The molecular formula is C16H13ClN4OS. The van der Waals surface area contributed by atoms with Crippen LogP contribution in [0, 0.1) is 0 Å². The lowest BCUT2D eigenvalue weighted by Crippen LogP contribution is -1.93. The Bertz CT molecular complexity index is 834. The molecule has 0 saturated heterocycles. The number of hydrogen-bond acceptors (Lipinski definition) is 5. The summed E-state index contributed by atoms with van der Waals surface area (Å²) in [7, 11) is 0. The number of phenols is 1. The first-order chi connectivity index (χ1) is 11.2. The van der Waals surface area contributed by atoms with Gasteiger partial charge in [0.15, 0.2) is 0 Å². The van der Waals surface area contributed by atoms with E-state index in [0.29, 0.717) is 10.9 Å². The van der Waals surface area contributed by atoms with Gasteiger partial charge in [-0.15, -0.1) is 10.2 Å². The molecule has 0 spiro atoms. The Morgan fingerprint density at radius 1 is 1.22 bits per heavy atom. The van der Waals surface area contributed by atoms with Crippen molar-refractivity contribution in [1.29, 1.82) is 0 Å². The summed E-state index contributed by atoms with van der Waals surface area (Å²) in [5.74, 6) is 0.881. The molecule has 1 heterocycles. The molecular weight excluding hydrogens is 332 g/mol. The molecule has 1 aromatic heterocycles. The molecule has 0 unspecified atom stereocenters. The van der Waals surface area contributed by atoms with Crippen LogP contribution in [0.3, 0.4) is 0 Å². The van der Waals surface area contributed by atoms with Crippen LogP contribution < -0.4 is 0 Å². The van der Waals surface area contributed by atoms with E-state index >= 15 is 0 Å². The fourth-order valence-electron chi connectivity index (χ4n) is 1.89. The van der Waals surface area contributed by atoms with Gasteiger partial charge in [-0.3, -0.25) is 0 Å². The summed E-state index contributed by atoms with van der Waals surface area (Å²) in [6, 6.07) is 14.5. The Morgan fingerprint density at radius 2 is 2.09 bits per heavy atom. The molecule has 0 aliphatic heterocycles. The highest BCUT2D eigenvalue weighted by atomic mass is 35.5. The Labute approximate surface area is 142 Å². The van der Waals surface area contributed by atoms with Crippen LogP contribution in [-0.4, -0.2) is 26.2 Å². The van der Waals surface area contributed by atoms with Crippen molar-refractivity contribution in [2.45, 2.75) is 10.9 Å². The van der Waals surface area contributed by atoms with Crippen molar-refractivity contribution in [3.8, 4) is 5.75 Å². The Kier molecular flexibility index (Phi) is 4.95. The highest BCUT2D eigenvalue weighted by Gasteiger charge is 2.06. The first-order valence-electron chi connectivity index (χ1n) is 6.82. The van der Waals surface area contributed by atoms with Crippen LogP contribution in [-0.2, 0) is 5.75 Å². The maximum atomic E-state index is 9.45. The third-order valence-electron chi connectivity index (χ3n) is 3.02. The van der Waals surface area contributed by atoms with Crippen LogP contribution in [0.2, 0.25) is 5.02 Å². The minimum Gasteiger partial charge on any atom is -0.508 e. The predicted molar refractivity (Wildman–Crippen MR) is 92.1 cm³/mol. The molecule has 0 aliphatic rings. The van der Waals surface area contributed by atoms with Crippen LogP contribution >= 0.6 is 23.4 Å². The smallest absolute Gasteiger partial charge is 0.212 e. The van der Waals surface area contributed by atoms with Crippen molar-refractivity contribution in [1.82, 2.24) is 14.9 Å². The molecule has 0 fully saturated rings. The Morgan fingerprint density at radius 3 is 2.91 bits per heavy atom. The van der Waals surface area contributed by atoms with Crippen molar-refractivity contribution < 1.29 is 5.11 Å². The topological polar surface area (TPSA) is 63.3 Å². The summed E-state index contributed by atoms with van der Waals surface area (Å²) in [5.41, 5.74) is 1.83. The Hall–Kier alpha value is -2.31. The van der Waals surface area contributed by atoms with E-state index in [-0.39, 0.29) is 5.75 Å². The fourth-order valence-corrected chi connectivity index (χ4v) is 3.03. The van der Waals surface area contributed by atoms with Crippen molar-refractivity contribution >= 4 is 29.6 Å². The number of halogens is 1. The van der Waals surface area contributed by atoms with Gasteiger partial charge in [0.2, 0.25) is 5.16 Å². The normalized spacial score (nSPS) is 11.2. The average molecular weight is 345 g/mol. The molecule has 0 saturated carbocycles. The molecule has 3 aromatic rings. The second kappa shape index (κ2) is 7.30. The molecule has 5 nitrogen and oxygen atoms in total. The molecule has 0 aliphatic carbocycles. The summed E-state index contributed by atoms with van der Waals surface area (Å²) in [4.78, 5) is 0. The van der Waals surface area contributed by atoms with Crippen molar-refractivity contribution in [3.63, 3.8) is 0 Å². The zero-order chi connectivity index (χ0) is 16.1. The number of nitrogens with zero attached hydrogens (tertiary/aromatic N) is 4. The van der Waals surface area contributed by atoms with Crippen molar-refractivity contribution in [2.24, 2.45) is 5.10 Å². The molecule has 3 rings (SSSR count). The Balaban J connectivity index is 1.71. The molecule has 1 N–H and O–H groups in total. The van der Waals surface area contributed by atoms with Gasteiger partial charge in [0.25, 0.3) is 0 Å². The van der Waals surface area contributed by atoms with E-state index in [0.717, 1.165) is 16.1 Å². The van der Waals surface area contributed by atoms with Gasteiger partial charge in [0, 0.05) is 10.8 Å². The molecule has 116 valence electrons. The van der Waals surface area contributed by atoms with Crippen LogP contribution in [0.5, 0.6) is 5.75 Å². The summed E-state index contributed by atoms with van der Waals surface area (Å²) >= 11 is 7.65. The van der Waals surface area contributed by atoms with Gasteiger partial charge in [-0.2, -0.15) is 9.78 Å². The molecule has 0 radical (unpaired) electrons. The van der Waals surface area contributed by atoms with E-state index in [1.807, 2.05) is 30.3 Å². The predicted octanol–water partition coefficient (Wildman–Crippen LogP) is 3.81. The highest BCUT2D eigenvalue weighted by Crippen LogP contribution is 2.25. The molecule has 7 heteroatoms. The number of rotatable bonds is 5. The molecule has 23 heavy (non-hydrogen) atoms. The van der Waals surface area contributed by atoms with Crippen LogP contribution in [0.4, 0.5) is 0 Å². The van der Waals surface area contributed by atoms with E-state index in [1.54, 1.807) is 29.1 Å². The van der Waals surface area contributed by atoms with Crippen LogP contribution in [0.1, 0.15) is 11.1 Å². The molecule has 2 aromatic carbocycles. The zero-order valence-corrected chi connectivity index (χ0v) is 13.6. The minimum atomic E-state index is 0.200. The summed E-state index contributed by atoms with van der Waals surface area (Å²) in [5, 5.41) is 23.1. The van der Waals surface area contributed by atoms with Crippen LogP contribution in [0.25, 0.3) is 0 Å². The monoisotopic (exact) mass is 344 g/mol. The largest absolute Gasteiger partial charge is 0.508 e. The van der Waals surface area contributed by atoms with Gasteiger partial charge in [-0.25, -0.2) is 0 Å². The zero-order valence-electron chi connectivity index (χ0n) is 12.0. The minimum absolute atomic E-state index is 0.200. The lowest BCUT2D eigenvalue weighted by Gasteiger charge is -2.03. The highest BCUT2D eigenvalue weighted by molar-refractivity contribution is 7.98. The lowest BCUT2D eigenvalue weighted by atomic mass is 10.2. The molecule has 0 amide bonds. The number of benzene rings is 2. The third-order valence-corrected chi connectivity index (χ3v) is 4.37. The van der Waals surface area contributed by atoms with Gasteiger partial charge < -0.3 is 5.11 Å². The van der Waals surface area contributed by atoms with E-state index < -0.39 is 0 Å². The second-order valence-corrected chi connectivity index (χ2v) is 6.03. The average Bonchev–Trinajstić information content (AvgIpc) is 3.00. The lowest BCUT2D eigenvalue weighted by molar-refractivity contribution is 0.475. The third kappa shape index (κ3) is 4.12. The second-order valence-electron chi connectivity index (χ2n) is 4.68. The summed E-state index contributed by atoms with van der Waals surface area (Å²) in [6.07, 6.45) is 3.18. The SMILES string of the molecule is Oc1cccc(/C=N/n2cnnc2SCc2ccccc2Cl)c1. The maximum Gasteiger partial charge on any atom is 0.212 e. The number of aromatic nitrogens is 3. The van der Waals surface area contributed by atoms with Crippen molar-refractivity contribution in [2.75, 3.05) is 0 Å². The van der Waals surface area contributed by atoms with Gasteiger partial charge >= 0.3 is 0 Å². The first kappa shape index (κ1) is 15.6. The number of phenolic OH excluding ortho intramolecular Hbond substituents is 1. The molecule has 0 atom stereocenters. The molecule has 0 bridgehead atoms. The first-order valence-corrected chi connectivity index (χ1v) is 8.18. The quantitative estimate of drug-likeness (QED) is 0.564. The van der Waals surface area contributed by atoms with Gasteiger partial charge in [0.05, 0.1) is 6.21 Å². The van der Waals surface area contributed by atoms with Crippen molar-refractivity contribution in [3.05, 3.63) is 71.0 Å². The van der Waals surface area contributed by atoms with E-state index in [4.69, 9.17) is 11.6 Å². The summed E-state index contributed by atoms with van der Waals surface area (Å²) in [6.45, 7) is 0. The number of aromatic hydroxyl groups is 1. The van der Waals surface area contributed by atoms with E-state index in [2.05, 4.69) is 15.3 Å². The van der Waals surface area contributed by atoms with Gasteiger partial charge in [-0.1, -0.05) is 53.7 Å².